The Bertz CT molecular complexity index is 747. The molecule has 6 heteroatoms. The van der Waals surface area contributed by atoms with Gasteiger partial charge in [-0.3, -0.25) is 4.72 Å². The van der Waals surface area contributed by atoms with E-state index < -0.39 is 10.0 Å². The Labute approximate surface area is 117 Å². The quantitative estimate of drug-likeness (QED) is 0.898. The van der Waals surface area contributed by atoms with Crippen LogP contribution in [0.3, 0.4) is 0 Å². The molecule has 2 aromatic carbocycles. The Morgan fingerprint density at radius 3 is 2.35 bits per heavy atom. The number of hydrogen-bond donors (Lipinski definition) is 2. The van der Waals surface area contributed by atoms with Crippen molar-refractivity contribution in [3.8, 4) is 6.07 Å². The zero-order valence-electron chi connectivity index (χ0n) is 10.4. The van der Waals surface area contributed by atoms with Crippen LogP contribution >= 0.6 is 0 Å². The van der Waals surface area contributed by atoms with Crippen LogP contribution in [0.2, 0.25) is 0 Å². The number of anilines is 1. The lowest BCUT2D eigenvalue weighted by atomic mass is 10.2. The summed E-state index contributed by atoms with van der Waals surface area (Å²) in [5.41, 5.74) is 1.15. The van der Waals surface area contributed by atoms with Gasteiger partial charge in [-0.05, 0) is 29.8 Å². The fourth-order valence-electron chi connectivity index (χ4n) is 1.68. The van der Waals surface area contributed by atoms with Crippen LogP contribution in [0.5, 0.6) is 0 Å². The lowest BCUT2D eigenvalue weighted by molar-refractivity contribution is 0.282. The standard InChI is InChI=1S/C14H12N2O3S/c15-9-12-3-1-2-4-14(12)20(18,19)16-13-7-5-11(10-17)6-8-13/h1-8,16-17H,10H2. The number of aliphatic hydroxyl groups excluding tert-OH is 1. The molecule has 102 valence electrons. The predicted octanol–water partition coefficient (Wildman–Crippen LogP) is 1.85. The molecule has 0 unspecified atom stereocenters. The second-order valence-electron chi connectivity index (χ2n) is 4.07. The molecular weight excluding hydrogens is 276 g/mol. The minimum Gasteiger partial charge on any atom is -0.392 e. The predicted molar refractivity (Wildman–Crippen MR) is 74.3 cm³/mol. The fourth-order valence-corrected chi connectivity index (χ4v) is 2.90. The van der Waals surface area contributed by atoms with Crippen molar-refractivity contribution in [1.29, 1.82) is 5.26 Å². The number of aliphatic hydroxyl groups is 1. The van der Waals surface area contributed by atoms with Crippen molar-refractivity contribution in [3.63, 3.8) is 0 Å². The average molecular weight is 288 g/mol. The van der Waals surface area contributed by atoms with Gasteiger partial charge in [-0.2, -0.15) is 5.26 Å². The molecule has 2 rings (SSSR count). The second-order valence-corrected chi connectivity index (χ2v) is 5.72. The van der Waals surface area contributed by atoms with Gasteiger partial charge in [0, 0.05) is 5.69 Å². The Hall–Kier alpha value is -2.36. The summed E-state index contributed by atoms with van der Waals surface area (Å²) in [5, 5.41) is 17.9. The first-order valence-electron chi connectivity index (χ1n) is 5.78. The van der Waals surface area contributed by atoms with Crippen molar-refractivity contribution in [2.24, 2.45) is 0 Å². The van der Waals surface area contributed by atoms with Gasteiger partial charge in [-0.15, -0.1) is 0 Å². The van der Waals surface area contributed by atoms with Gasteiger partial charge >= 0.3 is 0 Å². The smallest absolute Gasteiger partial charge is 0.263 e. The normalized spacial score (nSPS) is 10.8. The van der Waals surface area contributed by atoms with E-state index in [4.69, 9.17) is 10.4 Å². The average Bonchev–Trinajstić information content (AvgIpc) is 2.47. The summed E-state index contributed by atoms with van der Waals surface area (Å²) in [7, 11) is -3.81. The summed E-state index contributed by atoms with van der Waals surface area (Å²) >= 11 is 0. The zero-order chi connectivity index (χ0) is 14.6. The lowest BCUT2D eigenvalue weighted by Gasteiger charge is -2.09. The lowest BCUT2D eigenvalue weighted by Crippen LogP contribution is -2.14. The van der Waals surface area contributed by atoms with E-state index >= 15 is 0 Å². The maximum absolute atomic E-state index is 12.2. The van der Waals surface area contributed by atoms with Gasteiger partial charge in [-0.25, -0.2) is 8.42 Å². The first kappa shape index (κ1) is 14.1. The van der Waals surface area contributed by atoms with Crippen LogP contribution in [0.4, 0.5) is 5.69 Å². The van der Waals surface area contributed by atoms with Crippen LogP contribution in [-0.2, 0) is 16.6 Å². The van der Waals surface area contributed by atoms with Crippen molar-refractivity contribution in [1.82, 2.24) is 0 Å². The van der Waals surface area contributed by atoms with Crippen molar-refractivity contribution in [2.75, 3.05) is 4.72 Å². The maximum Gasteiger partial charge on any atom is 0.263 e. The van der Waals surface area contributed by atoms with Crippen LogP contribution in [0.15, 0.2) is 53.4 Å². The van der Waals surface area contributed by atoms with E-state index in [2.05, 4.69) is 4.72 Å². The number of rotatable bonds is 4. The molecule has 0 fully saturated rings. The third-order valence-electron chi connectivity index (χ3n) is 2.69. The number of nitrogens with zero attached hydrogens (tertiary/aromatic N) is 1. The molecule has 0 spiro atoms. The molecule has 2 N–H and O–H groups in total. The number of nitriles is 1. The van der Waals surface area contributed by atoms with Crippen molar-refractivity contribution >= 4 is 15.7 Å². The van der Waals surface area contributed by atoms with Gasteiger partial charge in [0.2, 0.25) is 0 Å². The highest BCUT2D eigenvalue weighted by atomic mass is 32.2. The first-order valence-corrected chi connectivity index (χ1v) is 7.27. The molecule has 0 saturated heterocycles. The molecule has 0 aromatic heterocycles. The van der Waals surface area contributed by atoms with Crippen molar-refractivity contribution in [3.05, 3.63) is 59.7 Å². The summed E-state index contributed by atoms with van der Waals surface area (Å²) in [5.74, 6) is 0. The van der Waals surface area contributed by atoms with E-state index in [-0.39, 0.29) is 17.1 Å². The maximum atomic E-state index is 12.2. The molecule has 20 heavy (non-hydrogen) atoms. The summed E-state index contributed by atoms with van der Waals surface area (Å²) < 4.78 is 26.8. The van der Waals surface area contributed by atoms with Crippen molar-refractivity contribution < 1.29 is 13.5 Å². The van der Waals surface area contributed by atoms with Gasteiger partial charge in [0.1, 0.15) is 11.0 Å². The minimum absolute atomic E-state index is 0.0614. The molecule has 0 aliphatic heterocycles. The van der Waals surface area contributed by atoms with E-state index in [9.17, 15) is 8.42 Å². The second kappa shape index (κ2) is 5.74. The first-order chi connectivity index (χ1) is 9.56. The molecule has 0 aliphatic rings. The number of sulfonamides is 1. The minimum atomic E-state index is -3.81. The third kappa shape index (κ3) is 2.96. The molecule has 2 aromatic rings. The van der Waals surface area contributed by atoms with Crippen LogP contribution in [0, 0.1) is 11.3 Å². The van der Waals surface area contributed by atoms with Gasteiger partial charge < -0.3 is 5.11 Å². The summed E-state index contributed by atoms with van der Waals surface area (Å²) in [6, 6.07) is 14.2. The van der Waals surface area contributed by atoms with Crippen LogP contribution in [-0.4, -0.2) is 13.5 Å². The molecule has 0 radical (unpaired) electrons. The van der Waals surface area contributed by atoms with E-state index in [1.165, 1.54) is 12.1 Å². The fraction of sp³-hybridized carbons (Fsp3) is 0.0714. The summed E-state index contributed by atoms with van der Waals surface area (Å²) in [6.07, 6.45) is 0. The van der Waals surface area contributed by atoms with Gasteiger partial charge in [-0.1, -0.05) is 24.3 Å². The largest absolute Gasteiger partial charge is 0.392 e. The highest BCUT2D eigenvalue weighted by Crippen LogP contribution is 2.19. The number of nitrogens with one attached hydrogen (secondary N) is 1. The van der Waals surface area contributed by atoms with E-state index in [0.29, 0.717) is 11.3 Å². The number of benzene rings is 2. The van der Waals surface area contributed by atoms with E-state index in [1.54, 1.807) is 36.4 Å². The summed E-state index contributed by atoms with van der Waals surface area (Å²) in [6.45, 7) is -0.107. The Morgan fingerprint density at radius 1 is 1.10 bits per heavy atom. The SMILES string of the molecule is N#Cc1ccccc1S(=O)(=O)Nc1ccc(CO)cc1. The highest BCUT2D eigenvalue weighted by Gasteiger charge is 2.18. The van der Waals surface area contributed by atoms with Gasteiger partial charge in [0.25, 0.3) is 10.0 Å². The molecule has 0 bridgehead atoms. The number of hydrogen-bond acceptors (Lipinski definition) is 4. The van der Waals surface area contributed by atoms with Crippen LogP contribution in [0.1, 0.15) is 11.1 Å². The van der Waals surface area contributed by atoms with E-state index in [1.807, 2.05) is 6.07 Å². The monoisotopic (exact) mass is 288 g/mol. The van der Waals surface area contributed by atoms with Crippen LogP contribution in [0.25, 0.3) is 0 Å². The molecule has 0 saturated carbocycles. The Morgan fingerprint density at radius 2 is 1.75 bits per heavy atom. The van der Waals surface area contributed by atoms with Crippen molar-refractivity contribution in [2.45, 2.75) is 11.5 Å². The molecule has 5 nitrogen and oxygen atoms in total. The van der Waals surface area contributed by atoms with Gasteiger partial charge in [0.05, 0.1) is 12.2 Å². The third-order valence-corrected chi connectivity index (χ3v) is 4.13. The highest BCUT2D eigenvalue weighted by molar-refractivity contribution is 7.92. The van der Waals surface area contributed by atoms with Gasteiger partial charge in [0.15, 0.2) is 0 Å². The van der Waals surface area contributed by atoms with E-state index in [0.717, 1.165) is 0 Å². The Kier molecular flexibility index (Phi) is 4.03. The Balaban J connectivity index is 2.33. The molecular formula is C14H12N2O3S. The molecule has 0 aliphatic carbocycles. The molecule has 0 atom stereocenters. The summed E-state index contributed by atoms with van der Waals surface area (Å²) in [4.78, 5) is -0.0614. The molecule has 0 amide bonds. The zero-order valence-corrected chi connectivity index (χ0v) is 11.3. The van der Waals surface area contributed by atoms with Crippen LogP contribution < -0.4 is 4.72 Å². The topological polar surface area (TPSA) is 90.2 Å². The molecule has 0 heterocycles.